The fraction of sp³-hybridized carbons (Fsp3) is 0.231. The molecule has 0 bridgehead atoms. The Labute approximate surface area is 142 Å². The van der Waals surface area contributed by atoms with Crippen LogP contribution in [-0.2, 0) is 16.1 Å². The third-order valence-electron chi connectivity index (χ3n) is 2.53. The number of aliphatic carboxylic acids is 1. The molecular weight excluding hydrogens is 365 g/mol. The van der Waals surface area contributed by atoms with Gasteiger partial charge in [-0.1, -0.05) is 5.16 Å². The van der Waals surface area contributed by atoms with Gasteiger partial charge in [-0.15, -0.1) is 11.3 Å². The van der Waals surface area contributed by atoms with Crippen LogP contribution in [0.3, 0.4) is 0 Å². The van der Waals surface area contributed by atoms with Gasteiger partial charge in [0.1, 0.15) is 12.4 Å². The number of aromatic nitrogens is 4. The molecule has 0 saturated heterocycles. The number of methoxy groups -OCH3 is 1. The van der Waals surface area contributed by atoms with Crippen LogP contribution >= 0.6 is 11.3 Å². The summed E-state index contributed by atoms with van der Waals surface area (Å²) >= 11 is 1.54. The van der Waals surface area contributed by atoms with E-state index in [0.29, 0.717) is 18.3 Å². The topological polar surface area (TPSA) is 114 Å². The van der Waals surface area contributed by atoms with Crippen LogP contribution in [0.15, 0.2) is 29.0 Å². The molecule has 8 nitrogen and oxygen atoms in total. The molecule has 3 aromatic heterocycles. The molecule has 0 radical (unpaired) electrons. The number of nitrogens with one attached hydrogen (secondary N) is 1. The quantitative estimate of drug-likeness (QED) is 0.719. The number of alkyl halides is 3. The van der Waals surface area contributed by atoms with E-state index in [1.54, 1.807) is 30.8 Å². The van der Waals surface area contributed by atoms with Crippen molar-refractivity contribution < 1.29 is 32.3 Å². The Kier molecular flexibility index (Phi) is 5.88. The summed E-state index contributed by atoms with van der Waals surface area (Å²) in [4.78, 5) is 22.3. The van der Waals surface area contributed by atoms with Gasteiger partial charge in [-0.2, -0.15) is 18.2 Å². The van der Waals surface area contributed by atoms with Crippen molar-refractivity contribution in [1.82, 2.24) is 20.1 Å². The molecule has 3 heterocycles. The van der Waals surface area contributed by atoms with E-state index in [2.05, 4.69) is 20.1 Å². The van der Waals surface area contributed by atoms with Gasteiger partial charge in [0.05, 0.1) is 9.75 Å². The summed E-state index contributed by atoms with van der Waals surface area (Å²) in [5.41, 5.74) is 0. The van der Waals surface area contributed by atoms with Gasteiger partial charge >= 0.3 is 12.1 Å². The van der Waals surface area contributed by atoms with Crippen LogP contribution in [0, 0.1) is 0 Å². The van der Waals surface area contributed by atoms with E-state index in [9.17, 15) is 13.2 Å². The SMILES string of the molecule is COCc1noc(-c2ccc(-c3ncc[nH]3)s2)n1.O=C(O)C(F)(F)F. The predicted octanol–water partition coefficient (Wildman–Crippen LogP) is 2.97. The lowest BCUT2D eigenvalue weighted by Gasteiger charge is -1.93. The highest BCUT2D eigenvalue weighted by atomic mass is 32.1. The van der Waals surface area contributed by atoms with E-state index < -0.39 is 12.1 Å². The zero-order valence-electron chi connectivity index (χ0n) is 12.6. The fourth-order valence-electron chi connectivity index (χ4n) is 1.52. The number of carboxylic acids is 1. The lowest BCUT2D eigenvalue weighted by atomic mass is 10.4. The van der Waals surface area contributed by atoms with Gasteiger partial charge in [0, 0.05) is 19.5 Å². The largest absolute Gasteiger partial charge is 0.490 e. The number of carboxylic acid groups (broad SMARTS) is 1. The summed E-state index contributed by atoms with van der Waals surface area (Å²) < 4.78 is 41.9. The van der Waals surface area contributed by atoms with Crippen molar-refractivity contribution in [3.05, 3.63) is 30.4 Å². The third kappa shape index (κ3) is 5.12. The standard InChI is InChI=1S/C11H10N4O2S.C2HF3O2/c1-16-6-9-14-11(17-15-9)8-3-2-7(18-8)10-12-4-5-13-10;3-2(4,5)1(6)7/h2-5H,6H2,1H3,(H,12,13);(H,6,7). The van der Waals surface area contributed by atoms with Crippen molar-refractivity contribution in [1.29, 1.82) is 0 Å². The number of carbonyl (C=O) groups is 1. The number of hydrogen-bond donors (Lipinski definition) is 2. The maximum atomic E-state index is 10.6. The molecule has 0 aliphatic carbocycles. The van der Waals surface area contributed by atoms with Gasteiger partial charge in [0.25, 0.3) is 5.89 Å². The van der Waals surface area contributed by atoms with Crippen LogP contribution in [0.5, 0.6) is 0 Å². The number of halogens is 3. The van der Waals surface area contributed by atoms with E-state index in [4.69, 9.17) is 19.2 Å². The van der Waals surface area contributed by atoms with Crippen LogP contribution in [0.4, 0.5) is 13.2 Å². The molecule has 134 valence electrons. The second-order valence-corrected chi connectivity index (χ2v) is 5.44. The highest BCUT2D eigenvalue weighted by molar-refractivity contribution is 7.18. The molecule has 0 spiro atoms. The van der Waals surface area contributed by atoms with Gasteiger partial charge in [-0.3, -0.25) is 0 Å². The van der Waals surface area contributed by atoms with E-state index >= 15 is 0 Å². The molecule has 12 heteroatoms. The number of nitrogens with zero attached hydrogens (tertiary/aromatic N) is 3. The first kappa shape index (κ1) is 18.6. The number of hydrogen-bond acceptors (Lipinski definition) is 7. The van der Waals surface area contributed by atoms with E-state index in [1.807, 2.05) is 12.1 Å². The number of imidazole rings is 1. The minimum atomic E-state index is -5.08. The van der Waals surface area contributed by atoms with Crippen molar-refractivity contribution in [2.24, 2.45) is 0 Å². The highest BCUT2D eigenvalue weighted by Crippen LogP contribution is 2.31. The van der Waals surface area contributed by atoms with Crippen molar-refractivity contribution in [2.45, 2.75) is 12.8 Å². The van der Waals surface area contributed by atoms with E-state index in [-0.39, 0.29) is 0 Å². The Hall–Kier alpha value is -2.73. The number of H-pyrrole nitrogens is 1. The first-order chi connectivity index (χ1) is 11.8. The van der Waals surface area contributed by atoms with Crippen LogP contribution in [0.25, 0.3) is 21.5 Å². The molecule has 0 atom stereocenters. The molecule has 0 unspecified atom stereocenters. The van der Waals surface area contributed by atoms with E-state index in [0.717, 1.165) is 15.6 Å². The number of thiophene rings is 1. The normalized spacial score (nSPS) is 11.0. The zero-order valence-corrected chi connectivity index (χ0v) is 13.4. The molecule has 0 amide bonds. The molecule has 0 aliphatic rings. The summed E-state index contributed by atoms with van der Waals surface area (Å²) in [6.07, 6.45) is -1.57. The molecule has 3 rings (SSSR count). The Morgan fingerprint density at radius 2 is 2.08 bits per heavy atom. The summed E-state index contributed by atoms with van der Waals surface area (Å²) in [5, 5.41) is 11.0. The number of ether oxygens (including phenoxy) is 1. The highest BCUT2D eigenvalue weighted by Gasteiger charge is 2.38. The Balaban J connectivity index is 0.000000277. The third-order valence-corrected chi connectivity index (χ3v) is 3.61. The lowest BCUT2D eigenvalue weighted by Crippen LogP contribution is -2.21. The molecular formula is C13H11F3N4O4S. The van der Waals surface area contributed by atoms with Gasteiger partial charge in [0.2, 0.25) is 0 Å². The van der Waals surface area contributed by atoms with Gasteiger partial charge in [0.15, 0.2) is 5.82 Å². The van der Waals surface area contributed by atoms with Crippen molar-refractivity contribution in [3.63, 3.8) is 0 Å². The van der Waals surface area contributed by atoms with Crippen molar-refractivity contribution in [2.75, 3.05) is 7.11 Å². The number of rotatable bonds is 4. The molecule has 0 aromatic carbocycles. The Bertz CT molecular complexity index is 813. The summed E-state index contributed by atoms with van der Waals surface area (Å²) in [7, 11) is 1.59. The molecule has 3 aromatic rings. The van der Waals surface area contributed by atoms with Crippen LogP contribution < -0.4 is 0 Å². The minimum absolute atomic E-state index is 0.347. The first-order valence-corrected chi connectivity index (χ1v) is 7.34. The van der Waals surface area contributed by atoms with Gasteiger partial charge < -0.3 is 19.4 Å². The lowest BCUT2D eigenvalue weighted by molar-refractivity contribution is -0.192. The molecule has 2 N–H and O–H groups in total. The van der Waals surface area contributed by atoms with Gasteiger partial charge in [-0.25, -0.2) is 9.78 Å². The maximum Gasteiger partial charge on any atom is 0.490 e. The minimum Gasteiger partial charge on any atom is -0.475 e. The zero-order chi connectivity index (χ0) is 18.4. The molecule has 25 heavy (non-hydrogen) atoms. The van der Waals surface area contributed by atoms with Crippen LogP contribution in [0.1, 0.15) is 5.82 Å². The molecule has 0 aliphatic heterocycles. The molecule has 0 fully saturated rings. The van der Waals surface area contributed by atoms with Gasteiger partial charge in [-0.05, 0) is 12.1 Å². The average molecular weight is 376 g/mol. The number of aromatic amines is 1. The van der Waals surface area contributed by atoms with Crippen LogP contribution in [-0.4, -0.2) is 44.5 Å². The van der Waals surface area contributed by atoms with Crippen molar-refractivity contribution >= 4 is 17.3 Å². The average Bonchev–Trinajstić information content (AvgIpc) is 3.28. The fourth-order valence-corrected chi connectivity index (χ4v) is 2.41. The monoisotopic (exact) mass is 376 g/mol. The Morgan fingerprint density at radius 1 is 1.40 bits per heavy atom. The van der Waals surface area contributed by atoms with Crippen LogP contribution in [0.2, 0.25) is 0 Å². The molecule has 0 saturated carbocycles. The Morgan fingerprint density at radius 3 is 2.64 bits per heavy atom. The smallest absolute Gasteiger partial charge is 0.475 e. The second-order valence-electron chi connectivity index (χ2n) is 4.35. The second kappa shape index (κ2) is 7.90. The predicted molar refractivity (Wildman–Crippen MR) is 79.6 cm³/mol. The van der Waals surface area contributed by atoms with Crippen molar-refractivity contribution in [3.8, 4) is 21.5 Å². The summed E-state index contributed by atoms with van der Waals surface area (Å²) in [5.74, 6) is -0.874. The first-order valence-electron chi connectivity index (χ1n) is 6.53. The summed E-state index contributed by atoms with van der Waals surface area (Å²) in [6, 6.07) is 3.91. The van der Waals surface area contributed by atoms with E-state index in [1.165, 1.54) is 0 Å². The maximum absolute atomic E-state index is 10.6. The summed E-state index contributed by atoms with van der Waals surface area (Å²) in [6.45, 7) is 0.347.